The van der Waals surface area contributed by atoms with Crippen LogP contribution in [0.3, 0.4) is 0 Å². The van der Waals surface area contributed by atoms with E-state index >= 15 is 0 Å². The van der Waals surface area contributed by atoms with Gasteiger partial charge in [0.05, 0.1) is 0 Å². The van der Waals surface area contributed by atoms with Crippen LogP contribution < -0.4 is 10.6 Å². The van der Waals surface area contributed by atoms with Crippen LogP contribution in [0.2, 0.25) is 0 Å². The number of piperidine rings is 1. The van der Waals surface area contributed by atoms with Crippen molar-refractivity contribution in [2.75, 3.05) is 20.1 Å². The molecule has 0 aliphatic carbocycles. The van der Waals surface area contributed by atoms with Crippen LogP contribution in [0.5, 0.6) is 0 Å². The minimum Gasteiger partial charge on any atom is -0.360 e. The zero-order valence-corrected chi connectivity index (χ0v) is 15.6. The molecule has 7 nitrogen and oxygen atoms in total. The van der Waals surface area contributed by atoms with Crippen molar-refractivity contribution < 1.29 is 9.59 Å². The topological polar surface area (TPSA) is 98.2 Å². The standard InChI is InChI=1S/C19H29N5O2/c1-3-4-9-19(14-25,23-18(20)21-2)16-6-5-12-24(13-16)17(26)15-7-10-22-11-8-15/h7-8,10-11,14,16H,3-6,9,12-13H2,1-2H3,(H3,20,21,23). The van der Waals surface area contributed by atoms with Crippen LogP contribution in [0.25, 0.3) is 0 Å². The van der Waals surface area contributed by atoms with Gasteiger partial charge in [-0.3, -0.25) is 15.2 Å². The molecule has 2 heterocycles. The van der Waals surface area contributed by atoms with Gasteiger partial charge < -0.3 is 20.3 Å². The summed E-state index contributed by atoms with van der Waals surface area (Å²) in [4.78, 5) is 30.7. The Hall–Kier alpha value is -2.44. The van der Waals surface area contributed by atoms with Crippen molar-refractivity contribution >= 4 is 18.2 Å². The van der Waals surface area contributed by atoms with Gasteiger partial charge in [0.2, 0.25) is 0 Å². The number of nitrogens with one attached hydrogen (secondary N) is 3. The summed E-state index contributed by atoms with van der Waals surface area (Å²) in [5.74, 6) is 0.0710. The smallest absolute Gasteiger partial charge is 0.253 e. The van der Waals surface area contributed by atoms with Gasteiger partial charge in [0, 0.05) is 44.0 Å². The summed E-state index contributed by atoms with van der Waals surface area (Å²) in [5, 5.41) is 13.8. The summed E-state index contributed by atoms with van der Waals surface area (Å²) in [7, 11) is 1.66. The highest BCUT2D eigenvalue weighted by Gasteiger charge is 2.42. The number of aldehydes is 1. The quantitative estimate of drug-likeness (QED) is 0.392. The Labute approximate surface area is 155 Å². The van der Waals surface area contributed by atoms with Crippen LogP contribution in [-0.2, 0) is 4.79 Å². The molecule has 1 aromatic rings. The molecule has 7 heteroatoms. The molecule has 0 spiro atoms. The number of nitrogens with zero attached hydrogens (tertiary/aromatic N) is 2. The highest BCUT2D eigenvalue weighted by atomic mass is 16.2. The minimum absolute atomic E-state index is 0.0280. The molecule has 0 aromatic carbocycles. The maximum absolute atomic E-state index is 12.8. The zero-order valence-electron chi connectivity index (χ0n) is 15.6. The predicted molar refractivity (Wildman–Crippen MR) is 101 cm³/mol. The number of hydrogen-bond acceptors (Lipinski definition) is 4. The van der Waals surface area contributed by atoms with Crippen molar-refractivity contribution in [3.63, 3.8) is 0 Å². The lowest BCUT2D eigenvalue weighted by molar-refractivity contribution is -0.116. The Kier molecular flexibility index (Phi) is 7.12. The molecule has 1 amide bonds. The van der Waals surface area contributed by atoms with E-state index in [2.05, 4.69) is 22.5 Å². The van der Waals surface area contributed by atoms with Gasteiger partial charge in [-0.1, -0.05) is 19.8 Å². The van der Waals surface area contributed by atoms with Gasteiger partial charge in [-0.25, -0.2) is 0 Å². The van der Waals surface area contributed by atoms with Gasteiger partial charge in [-0.05, 0) is 31.4 Å². The van der Waals surface area contributed by atoms with Crippen LogP contribution in [0.4, 0.5) is 0 Å². The maximum atomic E-state index is 12.8. The van der Waals surface area contributed by atoms with Crippen LogP contribution in [0, 0.1) is 11.3 Å². The van der Waals surface area contributed by atoms with E-state index in [9.17, 15) is 9.59 Å². The van der Waals surface area contributed by atoms with E-state index < -0.39 is 5.54 Å². The van der Waals surface area contributed by atoms with Crippen molar-refractivity contribution in [3.05, 3.63) is 30.1 Å². The number of likely N-dealkylation sites (tertiary alicyclic amines) is 1. The lowest BCUT2D eigenvalue weighted by Gasteiger charge is -2.43. The number of carbonyl (C=O) groups excluding carboxylic acids is 2. The molecular weight excluding hydrogens is 330 g/mol. The first-order valence-corrected chi connectivity index (χ1v) is 9.26. The molecule has 142 valence electrons. The van der Waals surface area contributed by atoms with Gasteiger partial charge in [-0.2, -0.15) is 0 Å². The highest BCUT2D eigenvalue weighted by Crippen LogP contribution is 2.31. The molecule has 2 unspecified atom stereocenters. The molecule has 26 heavy (non-hydrogen) atoms. The molecule has 1 fully saturated rings. The molecule has 1 aliphatic rings. The van der Waals surface area contributed by atoms with Gasteiger partial charge in [0.15, 0.2) is 5.96 Å². The van der Waals surface area contributed by atoms with E-state index in [0.29, 0.717) is 25.1 Å². The third-order valence-corrected chi connectivity index (χ3v) is 5.13. The SMILES string of the molecule is CCCCC(C=O)(NC(=N)NC)C1CCCN(C(=O)c2ccncc2)C1. The fourth-order valence-corrected chi connectivity index (χ4v) is 3.58. The largest absolute Gasteiger partial charge is 0.360 e. The van der Waals surface area contributed by atoms with E-state index in [4.69, 9.17) is 5.41 Å². The van der Waals surface area contributed by atoms with E-state index in [1.807, 2.05) is 4.90 Å². The second-order valence-electron chi connectivity index (χ2n) is 6.84. The number of aromatic nitrogens is 1. The summed E-state index contributed by atoms with van der Waals surface area (Å²) in [6, 6.07) is 3.43. The minimum atomic E-state index is -0.826. The molecule has 0 radical (unpaired) electrons. The average molecular weight is 359 g/mol. The van der Waals surface area contributed by atoms with Gasteiger partial charge in [0.25, 0.3) is 5.91 Å². The first kappa shape index (κ1) is 19.9. The van der Waals surface area contributed by atoms with Crippen molar-refractivity contribution in [1.29, 1.82) is 5.41 Å². The Balaban J connectivity index is 2.20. The molecule has 0 saturated carbocycles. The summed E-state index contributed by atoms with van der Waals surface area (Å²) in [5.41, 5.74) is -0.213. The number of guanidine groups is 1. The first-order chi connectivity index (χ1) is 12.6. The van der Waals surface area contributed by atoms with Crippen molar-refractivity contribution in [2.45, 2.75) is 44.6 Å². The highest BCUT2D eigenvalue weighted by molar-refractivity contribution is 5.94. The normalized spacial score (nSPS) is 19.3. The monoisotopic (exact) mass is 359 g/mol. The summed E-state index contributed by atoms with van der Waals surface area (Å²) in [6.45, 7) is 3.27. The van der Waals surface area contributed by atoms with E-state index in [0.717, 1.165) is 32.0 Å². The Bertz CT molecular complexity index is 622. The van der Waals surface area contributed by atoms with Crippen LogP contribution in [0.15, 0.2) is 24.5 Å². The summed E-state index contributed by atoms with van der Waals surface area (Å²) >= 11 is 0. The number of unbranched alkanes of at least 4 members (excludes halogenated alkanes) is 1. The Morgan fingerprint density at radius 2 is 2.19 bits per heavy atom. The number of amides is 1. The van der Waals surface area contributed by atoms with Gasteiger partial charge in [0.1, 0.15) is 11.8 Å². The molecule has 3 N–H and O–H groups in total. The van der Waals surface area contributed by atoms with E-state index in [1.54, 1.807) is 31.6 Å². The fraction of sp³-hybridized carbons (Fsp3) is 0.579. The molecule has 1 saturated heterocycles. The lowest BCUT2D eigenvalue weighted by atomic mass is 9.76. The zero-order chi connectivity index (χ0) is 19.0. The van der Waals surface area contributed by atoms with E-state index in [1.165, 1.54) is 0 Å². The molecule has 1 aliphatic heterocycles. The molecule has 0 bridgehead atoms. The van der Waals surface area contributed by atoms with Crippen LogP contribution in [0.1, 0.15) is 49.4 Å². The molecular formula is C19H29N5O2. The van der Waals surface area contributed by atoms with Crippen LogP contribution in [-0.4, -0.2) is 53.7 Å². The molecule has 2 rings (SSSR count). The van der Waals surface area contributed by atoms with Crippen molar-refractivity contribution in [1.82, 2.24) is 20.5 Å². The summed E-state index contributed by atoms with van der Waals surface area (Å²) in [6.07, 6.45) is 8.37. The van der Waals surface area contributed by atoms with E-state index in [-0.39, 0.29) is 17.8 Å². The van der Waals surface area contributed by atoms with Crippen molar-refractivity contribution in [2.24, 2.45) is 5.92 Å². The number of carbonyl (C=O) groups is 2. The second kappa shape index (κ2) is 9.31. The number of rotatable bonds is 7. The molecule has 1 aromatic heterocycles. The van der Waals surface area contributed by atoms with Crippen LogP contribution >= 0.6 is 0 Å². The third kappa shape index (κ3) is 4.59. The number of hydrogen-bond donors (Lipinski definition) is 3. The third-order valence-electron chi connectivity index (χ3n) is 5.13. The van der Waals surface area contributed by atoms with Gasteiger partial charge >= 0.3 is 0 Å². The first-order valence-electron chi connectivity index (χ1n) is 9.26. The Morgan fingerprint density at radius 1 is 1.46 bits per heavy atom. The second-order valence-corrected chi connectivity index (χ2v) is 6.84. The van der Waals surface area contributed by atoms with Gasteiger partial charge in [-0.15, -0.1) is 0 Å². The predicted octanol–water partition coefficient (Wildman–Crippen LogP) is 1.81. The lowest BCUT2D eigenvalue weighted by Crippen LogP contribution is -2.61. The number of pyridine rings is 1. The summed E-state index contributed by atoms with van der Waals surface area (Å²) < 4.78 is 0. The van der Waals surface area contributed by atoms with Crippen molar-refractivity contribution in [3.8, 4) is 0 Å². The maximum Gasteiger partial charge on any atom is 0.253 e. The fourth-order valence-electron chi connectivity index (χ4n) is 3.58. The Morgan fingerprint density at radius 3 is 2.81 bits per heavy atom. The molecule has 2 atom stereocenters. The average Bonchev–Trinajstić information content (AvgIpc) is 2.71.